The van der Waals surface area contributed by atoms with Crippen molar-refractivity contribution in [2.75, 3.05) is 13.1 Å². The number of amides is 1. The van der Waals surface area contributed by atoms with Crippen molar-refractivity contribution in [3.63, 3.8) is 0 Å². The molecule has 1 aliphatic heterocycles. The maximum atomic E-state index is 13.0. The number of benzene rings is 1. The number of hydrogen-bond donors (Lipinski definition) is 2. The molecule has 1 saturated heterocycles. The molecule has 2 rings (SSSR count). The molecular formula is C18H30ClN3O3S. The van der Waals surface area contributed by atoms with Crippen LogP contribution in [0.5, 0.6) is 0 Å². The lowest BCUT2D eigenvalue weighted by molar-refractivity contribution is 0.0945. The summed E-state index contributed by atoms with van der Waals surface area (Å²) < 4.78 is 27.5. The number of piperidine rings is 1. The zero-order valence-electron chi connectivity index (χ0n) is 15.9. The van der Waals surface area contributed by atoms with E-state index in [1.165, 1.54) is 6.07 Å². The summed E-state index contributed by atoms with van der Waals surface area (Å²) in [6, 6.07) is 4.72. The average molecular weight is 404 g/mol. The summed E-state index contributed by atoms with van der Waals surface area (Å²) in [6.07, 6.45) is 2.78. The fraction of sp³-hybridized carbons (Fsp3) is 0.611. The van der Waals surface area contributed by atoms with Crippen molar-refractivity contribution in [1.82, 2.24) is 9.62 Å². The fourth-order valence-electron chi connectivity index (χ4n) is 2.97. The highest BCUT2D eigenvalue weighted by Gasteiger charge is 2.31. The third-order valence-corrected chi connectivity index (χ3v) is 6.52. The van der Waals surface area contributed by atoms with Crippen LogP contribution >= 0.6 is 12.4 Å². The molecule has 1 fully saturated rings. The Morgan fingerprint density at radius 3 is 2.58 bits per heavy atom. The Morgan fingerprint density at radius 1 is 1.35 bits per heavy atom. The van der Waals surface area contributed by atoms with Crippen molar-refractivity contribution >= 4 is 28.3 Å². The number of sulfonamides is 1. The smallest absolute Gasteiger partial charge is 0.251 e. The van der Waals surface area contributed by atoms with Gasteiger partial charge in [-0.2, -0.15) is 4.31 Å². The van der Waals surface area contributed by atoms with Crippen LogP contribution in [0.25, 0.3) is 0 Å². The standard InChI is InChI=1S/C18H29N3O3S.ClH/c1-13-8-9-15(11-16(13)17(22)20-12-18(3,4)19)25(23,24)21-10-6-5-7-14(21)2;/h8-9,11,14H,5-7,10,12,19H2,1-4H3,(H,20,22);1H. The third-order valence-electron chi connectivity index (χ3n) is 4.51. The number of aryl methyl sites for hydroxylation is 1. The molecule has 1 heterocycles. The van der Waals surface area contributed by atoms with Gasteiger partial charge in [-0.15, -0.1) is 12.4 Å². The van der Waals surface area contributed by atoms with Crippen molar-refractivity contribution < 1.29 is 13.2 Å². The van der Waals surface area contributed by atoms with Gasteiger partial charge in [0.2, 0.25) is 10.0 Å². The first-order chi connectivity index (χ1) is 11.5. The van der Waals surface area contributed by atoms with Crippen molar-refractivity contribution in [2.45, 2.75) is 63.4 Å². The Balaban J connectivity index is 0.00000338. The third kappa shape index (κ3) is 5.42. The fourth-order valence-corrected chi connectivity index (χ4v) is 4.70. The highest BCUT2D eigenvalue weighted by Crippen LogP contribution is 2.26. The van der Waals surface area contributed by atoms with E-state index in [2.05, 4.69) is 5.32 Å². The molecule has 1 aromatic carbocycles. The average Bonchev–Trinajstić information content (AvgIpc) is 2.52. The Hall–Kier alpha value is -1.15. The van der Waals surface area contributed by atoms with E-state index in [0.29, 0.717) is 18.7 Å². The highest BCUT2D eigenvalue weighted by molar-refractivity contribution is 7.89. The van der Waals surface area contributed by atoms with E-state index in [-0.39, 0.29) is 29.3 Å². The number of carbonyl (C=O) groups excluding carboxylic acids is 1. The molecule has 0 bridgehead atoms. The minimum atomic E-state index is -3.60. The maximum Gasteiger partial charge on any atom is 0.251 e. The first-order valence-corrected chi connectivity index (χ1v) is 10.2. The zero-order valence-corrected chi connectivity index (χ0v) is 17.5. The molecule has 0 radical (unpaired) electrons. The lowest BCUT2D eigenvalue weighted by Gasteiger charge is -2.32. The molecule has 1 amide bonds. The number of nitrogens with two attached hydrogens (primary N) is 1. The molecule has 0 aromatic heterocycles. The van der Waals surface area contributed by atoms with Gasteiger partial charge in [0.15, 0.2) is 0 Å². The molecule has 1 unspecified atom stereocenters. The predicted octanol–water partition coefficient (Wildman–Crippen LogP) is 2.45. The van der Waals surface area contributed by atoms with Gasteiger partial charge in [-0.1, -0.05) is 12.5 Å². The molecule has 6 nitrogen and oxygen atoms in total. The topological polar surface area (TPSA) is 92.5 Å². The van der Waals surface area contributed by atoms with Crippen LogP contribution in [-0.4, -0.2) is 43.3 Å². The van der Waals surface area contributed by atoms with Crippen LogP contribution in [0, 0.1) is 6.92 Å². The Bertz CT molecular complexity index is 745. The second-order valence-corrected chi connectivity index (χ2v) is 9.50. The number of rotatable bonds is 5. The van der Waals surface area contributed by atoms with Crippen LogP contribution in [0.3, 0.4) is 0 Å². The van der Waals surface area contributed by atoms with Gasteiger partial charge < -0.3 is 11.1 Å². The molecule has 8 heteroatoms. The van der Waals surface area contributed by atoms with E-state index in [1.807, 2.05) is 20.8 Å². The number of nitrogens with zero attached hydrogens (tertiary/aromatic N) is 1. The van der Waals surface area contributed by atoms with Crippen LogP contribution in [0.15, 0.2) is 23.1 Å². The summed E-state index contributed by atoms with van der Waals surface area (Å²) in [7, 11) is -3.60. The zero-order chi connectivity index (χ0) is 18.8. The van der Waals surface area contributed by atoms with E-state index in [4.69, 9.17) is 5.73 Å². The minimum absolute atomic E-state index is 0. The summed E-state index contributed by atoms with van der Waals surface area (Å²) in [4.78, 5) is 12.6. The molecule has 26 heavy (non-hydrogen) atoms. The largest absolute Gasteiger partial charge is 0.350 e. The van der Waals surface area contributed by atoms with Crippen LogP contribution in [0.2, 0.25) is 0 Å². The summed E-state index contributed by atoms with van der Waals surface area (Å²) in [5, 5.41) is 2.77. The number of carbonyl (C=O) groups is 1. The van der Waals surface area contributed by atoms with Crippen molar-refractivity contribution in [3.8, 4) is 0 Å². The molecule has 0 aliphatic carbocycles. The van der Waals surface area contributed by atoms with E-state index < -0.39 is 15.6 Å². The van der Waals surface area contributed by atoms with Gasteiger partial charge in [-0.25, -0.2) is 8.42 Å². The van der Waals surface area contributed by atoms with Crippen LogP contribution < -0.4 is 11.1 Å². The van der Waals surface area contributed by atoms with Gasteiger partial charge in [0.25, 0.3) is 5.91 Å². The minimum Gasteiger partial charge on any atom is -0.350 e. The molecule has 3 N–H and O–H groups in total. The molecule has 1 atom stereocenters. The number of nitrogens with one attached hydrogen (secondary N) is 1. The Labute approximate surface area is 163 Å². The van der Waals surface area contributed by atoms with Gasteiger partial charge in [-0.3, -0.25) is 4.79 Å². The van der Waals surface area contributed by atoms with Crippen LogP contribution in [0.1, 0.15) is 56.0 Å². The van der Waals surface area contributed by atoms with Crippen LogP contribution in [0.4, 0.5) is 0 Å². The lowest BCUT2D eigenvalue weighted by atomic mass is 10.1. The Kier molecular flexibility index (Phi) is 7.65. The van der Waals surface area contributed by atoms with E-state index in [1.54, 1.807) is 23.4 Å². The molecule has 0 spiro atoms. The summed E-state index contributed by atoms with van der Waals surface area (Å²) in [5.74, 6) is -0.306. The summed E-state index contributed by atoms with van der Waals surface area (Å²) >= 11 is 0. The van der Waals surface area contributed by atoms with Crippen molar-refractivity contribution in [1.29, 1.82) is 0 Å². The SMILES string of the molecule is Cc1ccc(S(=O)(=O)N2CCCCC2C)cc1C(=O)NCC(C)(C)N.Cl. The summed E-state index contributed by atoms with van der Waals surface area (Å²) in [5.41, 5.74) is 6.47. The highest BCUT2D eigenvalue weighted by atomic mass is 35.5. The molecule has 148 valence electrons. The number of hydrogen-bond acceptors (Lipinski definition) is 4. The van der Waals surface area contributed by atoms with Gasteiger partial charge in [-0.05, 0) is 58.2 Å². The first kappa shape index (κ1) is 22.9. The van der Waals surface area contributed by atoms with Gasteiger partial charge in [0.05, 0.1) is 4.90 Å². The van der Waals surface area contributed by atoms with Crippen molar-refractivity contribution in [3.05, 3.63) is 29.3 Å². The molecule has 1 aromatic rings. The van der Waals surface area contributed by atoms with E-state index >= 15 is 0 Å². The second kappa shape index (κ2) is 8.69. The maximum absolute atomic E-state index is 13.0. The summed E-state index contributed by atoms with van der Waals surface area (Å²) in [6.45, 7) is 8.20. The quantitative estimate of drug-likeness (QED) is 0.789. The van der Waals surface area contributed by atoms with Gasteiger partial charge in [0, 0.05) is 30.2 Å². The first-order valence-electron chi connectivity index (χ1n) is 8.72. The predicted molar refractivity (Wildman–Crippen MR) is 106 cm³/mol. The monoisotopic (exact) mass is 403 g/mol. The lowest BCUT2D eigenvalue weighted by Crippen LogP contribution is -2.45. The molecular weight excluding hydrogens is 374 g/mol. The normalized spacial score (nSPS) is 18.9. The van der Waals surface area contributed by atoms with Gasteiger partial charge >= 0.3 is 0 Å². The van der Waals surface area contributed by atoms with E-state index in [0.717, 1.165) is 24.8 Å². The van der Waals surface area contributed by atoms with E-state index in [9.17, 15) is 13.2 Å². The Morgan fingerprint density at radius 2 is 2.00 bits per heavy atom. The molecule has 1 aliphatic rings. The van der Waals surface area contributed by atoms with Crippen molar-refractivity contribution in [2.24, 2.45) is 5.73 Å². The van der Waals surface area contributed by atoms with Gasteiger partial charge in [0.1, 0.15) is 0 Å². The molecule has 0 saturated carbocycles. The number of halogens is 1. The second-order valence-electron chi connectivity index (χ2n) is 7.61. The van der Waals surface area contributed by atoms with Crippen LogP contribution in [-0.2, 0) is 10.0 Å².